The second kappa shape index (κ2) is 7.06. The maximum atomic E-state index is 7.33. The molecule has 1 rings (SSSR count). The zero-order valence-corrected chi connectivity index (χ0v) is 8.84. The summed E-state index contributed by atoms with van der Waals surface area (Å²) in [6.45, 7) is 5.03. The maximum Gasteiger partial charge on any atom is 0.0719 e. The molecule has 68 valence electrons. The number of aliphatic hydroxyl groups excluding tert-OH is 1. The van der Waals surface area contributed by atoms with Gasteiger partial charge in [0.15, 0.2) is 0 Å². The summed E-state index contributed by atoms with van der Waals surface area (Å²) in [5.41, 5.74) is 1.24. The van der Waals surface area contributed by atoms with Gasteiger partial charge in [0.1, 0.15) is 0 Å². The molecule has 0 aliphatic heterocycles. The average molecular weight is 203 g/mol. The van der Waals surface area contributed by atoms with Crippen molar-refractivity contribution in [2.24, 2.45) is 0 Å². The lowest BCUT2D eigenvalue weighted by atomic mass is 10.4. The Morgan fingerprint density at radius 3 is 2.67 bits per heavy atom. The van der Waals surface area contributed by atoms with Crippen LogP contribution >= 0.6 is 23.3 Å². The SMILES string of the molecule is C=CO.CSNc1ccsc1C. The molecule has 0 aromatic carbocycles. The van der Waals surface area contributed by atoms with Gasteiger partial charge in [0.2, 0.25) is 0 Å². The van der Waals surface area contributed by atoms with Crippen LogP contribution in [0.5, 0.6) is 0 Å². The Balaban J connectivity index is 0.000000354. The highest BCUT2D eigenvalue weighted by atomic mass is 32.2. The maximum absolute atomic E-state index is 7.33. The molecule has 0 bridgehead atoms. The van der Waals surface area contributed by atoms with Crippen molar-refractivity contribution in [3.8, 4) is 0 Å². The Hall–Kier alpha value is -0.610. The number of hydrogen-bond acceptors (Lipinski definition) is 4. The van der Waals surface area contributed by atoms with E-state index >= 15 is 0 Å². The number of hydrogen-bond donors (Lipinski definition) is 2. The molecule has 1 aromatic heterocycles. The summed E-state index contributed by atoms with van der Waals surface area (Å²) in [4.78, 5) is 1.35. The van der Waals surface area contributed by atoms with Gasteiger partial charge in [0.05, 0.1) is 11.9 Å². The summed E-state index contributed by atoms with van der Waals surface area (Å²) >= 11 is 3.40. The van der Waals surface area contributed by atoms with E-state index < -0.39 is 0 Å². The first-order valence-electron chi connectivity index (χ1n) is 3.34. The molecule has 0 amide bonds. The van der Waals surface area contributed by atoms with Gasteiger partial charge in [-0.1, -0.05) is 18.5 Å². The summed E-state index contributed by atoms with van der Waals surface area (Å²) in [5, 5.41) is 9.42. The molecule has 0 aliphatic carbocycles. The molecule has 2 N–H and O–H groups in total. The molecular formula is C8H13NOS2. The van der Waals surface area contributed by atoms with Crippen LogP contribution in [0.2, 0.25) is 0 Å². The van der Waals surface area contributed by atoms with E-state index in [9.17, 15) is 0 Å². The number of rotatable bonds is 2. The third kappa shape index (κ3) is 4.31. The Kier molecular flexibility index (Phi) is 6.70. The van der Waals surface area contributed by atoms with Crippen LogP contribution in [0.4, 0.5) is 5.69 Å². The predicted octanol–water partition coefficient (Wildman–Crippen LogP) is 3.43. The zero-order chi connectivity index (χ0) is 9.40. The third-order valence-electron chi connectivity index (χ3n) is 1.07. The van der Waals surface area contributed by atoms with Crippen molar-refractivity contribution in [3.63, 3.8) is 0 Å². The van der Waals surface area contributed by atoms with E-state index in [-0.39, 0.29) is 0 Å². The van der Waals surface area contributed by atoms with E-state index in [0.717, 1.165) is 6.26 Å². The molecule has 0 atom stereocenters. The quantitative estimate of drug-likeness (QED) is 0.570. The molecule has 0 aliphatic rings. The van der Waals surface area contributed by atoms with Crippen molar-refractivity contribution in [2.75, 3.05) is 11.0 Å². The monoisotopic (exact) mass is 203 g/mol. The predicted molar refractivity (Wildman–Crippen MR) is 59.0 cm³/mol. The van der Waals surface area contributed by atoms with Crippen LogP contribution in [-0.4, -0.2) is 11.4 Å². The van der Waals surface area contributed by atoms with Crippen LogP contribution in [0.25, 0.3) is 0 Å². The van der Waals surface area contributed by atoms with Crippen molar-refractivity contribution in [3.05, 3.63) is 29.2 Å². The molecule has 0 radical (unpaired) electrons. The highest BCUT2D eigenvalue weighted by molar-refractivity contribution is 7.99. The molecule has 0 saturated carbocycles. The fraction of sp³-hybridized carbons (Fsp3) is 0.250. The molecule has 0 fully saturated rings. The number of aliphatic hydroxyl groups is 1. The molecule has 1 aromatic rings. The number of thiophene rings is 1. The number of anilines is 1. The molecular weight excluding hydrogens is 190 g/mol. The van der Waals surface area contributed by atoms with Crippen LogP contribution in [-0.2, 0) is 0 Å². The molecule has 0 unspecified atom stereocenters. The third-order valence-corrected chi connectivity index (χ3v) is 2.34. The van der Waals surface area contributed by atoms with Gasteiger partial charge in [0.25, 0.3) is 0 Å². The minimum absolute atomic E-state index is 0.750. The second-order valence-electron chi connectivity index (χ2n) is 1.88. The topological polar surface area (TPSA) is 32.3 Å². The van der Waals surface area contributed by atoms with Gasteiger partial charge in [0, 0.05) is 11.1 Å². The Morgan fingerprint density at radius 2 is 2.33 bits per heavy atom. The fourth-order valence-corrected chi connectivity index (χ4v) is 1.76. The number of aryl methyl sites for hydroxylation is 1. The van der Waals surface area contributed by atoms with Crippen LogP contribution in [0.15, 0.2) is 24.3 Å². The smallest absolute Gasteiger partial charge is 0.0719 e. The minimum atomic E-state index is 0.750. The fourth-order valence-electron chi connectivity index (χ4n) is 0.601. The second-order valence-corrected chi connectivity index (χ2v) is 3.61. The lowest BCUT2D eigenvalue weighted by molar-refractivity contribution is 0.476. The molecule has 1 heterocycles. The normalized spacial score (nSPS) is 8.17. The van der Waals surface area contributed by atoms with Crippen LogP contribution < -0.4 is 4.72 Å². The van der Waals surface area contributed by atoms with Gasteiger partial charge in [-0.3, -0.25) is 0 Å². The van der Waals surface area contributed by atoms with Gasteiger partial charge >= 0.3 is 0 Å². The standard InChI is InChI=1S/C6H9NS2.C2H4O/c1-5-6(7-8-2)3-4-9-5;1-2-3/h3-4,7H,1-2H3;2-3H,1H2. The Bertz CT molecular complexity index is 223. The summed E-state index contributed by atoms with van der Waals surface area (Å²) in [5.74, 6) is 0. The van der Waals surface area contributed by atoms with Crippen LogP contribution in [0.1, 0.15) is 4.88 Å². The van der Waals surface area contributed by atoms with E-state index in [4.69, 9.17) is 5.11 Å². The summed E-state index contributed by atoms with van der Waals surface area (Å²) in [6.07, 6.45) is 2.77. The van der Waals surface area contributed by atoms with Crippen molar-refractivity contribution < 1.29 is 5.11 Å². The van der Waals surface area contributed by atoms with Crippen molar-refractivity contribution in [2.45, 2.75) is 6.92 Å². The van der Waals surface area contributed by atoms with Crippen LogP contribution in [0, 0.1) is 6.92 Å². The van der Waals surface area contributed by atoms with E-state index in [1.165, 1.54) is 10.6 Å². The highest BCUT2D eigenvalue weighted by Crippen LogP contribution is 2.22. The first-order chi connectivity index (χ1) is 5.76. The van der Waals surface area contributed by atoms with E-state index in [1.54, 1.807) is 23.3 Å². The Morgan fingerprint density at radius 1 is 1.75 bits per heavy atom. The van der Waals surface area contributed by atoms with Crippen LogP contribution in [0.3, 0.4) is 0 Å². The molecule has 0 saturated heterocycles. The van der Waals surface area contributed by atoms with Gasteiger partial charge in [-0.15, -0.1) is 11.3 Å². The molecule has 2 nitrogen and oxygen atoms in total. The zero-order valence-electron chi connectivity index (χ0n) is 7.20. The van der Waals surface area contributed by atoms with Crippen molar-refractivity contribution in [1.82, 2.24) is 0 Å². The molecule has 12 heavy (non-hydrogen) atoms. The van der Waals surface area contributed by atoms with E-state index in [0.29, 0.717) is 0 Å². The van der Waals surface area contributed by atoms with Gasteiger partial charge < -0.3 is 9.83 Å². The number of nitrogens with one attached hydrogen (secondary N) is 1. The summed E-state index contributed by atoms with van der Waals surface area (Å²) < 4.78 is 3.18. The first-order valence-corrected chi connectivity index (χ1v) is 5.45. The highest BCUT2D eigenvalue weighted by Gasteiger charge is 1.94. The van der Waals surface area contributed by atoms with Gasteiger partial charge in [-0.25, -0.2) is 0 Å². The summed E-state index contributed by atoms with van der Waals surface area (Å²) in [7, 11) is 0. The first kappa shape index (κ1) is 11.4. The lowest BCUT2D eigenvalue weighted by Crippen LogP contribution is -1.81. The lowest BCUT2D eigenvalue weighted by Gasteiger charge is -1.97. The van der Waals surface area contributed by atoms with Gasteiger partial charge in [-0.2, -0.15) is 0 Å². The molecule has 4 heteroatoms. The van der Waals surface area contributed by atoms with E-state index in [1.807, 2.05) is 6.26 Å². The average Bonchev–Trinajstić information content (AvgIpc) is 2.39. The Labute approximate surface area is 81.5 Å². The minimum Gasteiger partial charge on any atom is -0.516 e. The van der Waals surface area contributed by atoms with Gasteiger partial charge in [-0.05, 0) is 18.4 Å². The molecule has 0 spiro atoms. The van der Waals surface area contributed by atoms with E-state index in [2.05, 4.69) is 29.7 Å². The van der Waals surface area contributed by atoms with Crippen molar-refractivity contribution in [1.29, 1.82) is 0 Å². The summed E-state index contributed by atoms with van der Waals surface area (Å²) in [6, 6.07) is 2.09. The van der Waals surface area contributed by atoms with Crippen molar-refractivity contribution >= 4 is 29.0 Å². The largest absolute Gasteiger partial charge is 0.516 e.